The minimum Gasteiger partial charge on any atom is -0.384 e. The normalized spacial score (nSPS) is 11.1. The van der Waals surface area contributed by atoms with Crippen molar-refractivity contribution >= 4 is 23.3 Å². The van der Waals surface area contributed by atoms with Crippen LogP contribution in [0.4, 0.5) is 24.7 Å². The molecule has 9 heteroatoms. The van der Waals surface area contributed by atoms with E-state index in [1.165, 1.54) is 6.07 Å². The van der Waals surface area contributed by atoms with Crippen molar-refractivity contribution in [3.8, 4) is 11.1 Å². The number of nitrogen functional groups attached to an aromatic ring is 1. The summed E-state index contributed by atoms with van der Waals surface area (Å²) in [5, 5.41) is 5.38. The van der Waals surface area contributed by atoms with Crippen LogP contribution >= 0.6 is 0 Å². The van der Waals surface area contributed by atoms with E-state index in [2.05, 4.69) is 15.6 Å². The minimum absolute atomic E-state index is 0.0954. The fraction of sp³-hybridized carbons (Fsp3) is 0.0741. The van der Waals surface area contributed by atoms with E-state index >= 15 is 0 Å². The Kier molecular flexibility index (Phi) is 7.00. The molecule has 0 aliphatic heterocycles. The predicted molar refractivity (Wildman–Crippen MR) is 131 cm³/mol. The van der Waals surface area contributed by atoms with Gasteiger partial charge >= 0.3 is 6.18 Å². The lowest BCUT2D eigenvalue weighted by Crippen LogP contribution is -2.24. The van der Waals surface area contributed by atoms with Crippen LogP contribution in [0, 0.1) is 0 Å². The fourth-order valence-electron chi connectivity index (χ4n) is 3.53. The molecule has 4 N–H and O–H groups in total. The highest BCUT2D eigenvalue weighted by molar-refractivity contribution is 6.09. The quantitative estimate of drug-likeness (QED) is 0.331. The molecule has 0 spiro atoms. The highest BCUT2D eigenvalue weighted by Gasteiger charge is 2.32. The molecule has 1 heterocycles. The smallest absolute Gasteiger partial charge is 0.384 e. The molecule has 0 saturated carbocycles. The summed E-state index contributed by atoms with van der Waals surface area (Å²) in [6.45, 7) is 0.204. The second-order valence-electron chi connectivity index (χ2n) is 7.91. The molecular formula is C27H21F3N4O2. The van der Waals surface area contributed by atoms with E-state index in [1.54, 1.807) is 72.8 Å². The molecule has 0 radical (unpaired) electrons. The molecule has 0 fully saturated rings. The summed E-state index contributed by atoms with van der Waals surface area (Å²) >= 11 is 0. The molecule has 3 aromatic carbocycles. The molecule has 0 aliphatic carbocycles. The highest BCUT2D eigenvalue weighted by atomic mass is 19.4. The van der Waals surface area contributed by atoms with Crippen molar-refractivity contribution in [2.24, 2.45) is 0 Å². The number of nitrogens with zero attached hydrogens (tertiary/aromatic N) is 1. The molecule has 182 valence electrons. The Morgan fingerprint density at radius 1 is 0.833 bits per heavy atom. The molecule has 6 nitrogen and oxygen atoms in total. The van der Waals surface area contributed by atoms with E-state index in [0.717, 1.165) is 17.7 Å². The van der Waals surface area contributed by atoms with Crippen LogP contribution in [0.15, 0.2) is 91.0 Å². The third kappa shape index (κ3) is 5.87. The molecule has 0 atom stereocenters. The summed E-state index contributed by atoms with van der Waals surface area (Å²) in [4.78, 5) is 29.2. The summed E-state index contributed by atoms with van der Waals surface area (Å²) in [6, 6.07) is 23.2. The lowest BCUT2D eigenvalue weighted by Gasteiger charge is -2.14. The van der Waals surface area contributed by atoms with Crippen LogP contribution in [0.1, 0.15) is 32.0 Å². The third-order valence-corrected chi connectivity index (χ3v) is 5.34. The Labute approximate surface area is 205 Å². The average molecular weight is 490 g/mol. The number of nitrogens with two attached hydrogens (primary N) is 1. The molecular weight excluding hydrogens is 469 g/mol. The Morgan fingerprint density at radius 3 is 2.22 bits per heavy atom. The van der Waals surface area contributed by atoms with Crippen LogP contribution in [0.3, 0.4) is 0 Å². The summed E-state index contributed by atoms with van der Waals surface area (Å²) in [6.07, 6.45) is -4.59. The Bertz CT molecular complexity index is 1390. The van der Waals surface area contributed by atoms with Gasteiger partial charge in [0.25, 0.3) is 11.8 Å². The lowest BCUT2D eigenvalue weighted by atomic mass is 9.96. The van der Waals surface area contributed by atoms with E-state index in [-0.39, 0.29) is 23.6 Å². The van der Waals surface area contributed by atoms with Crippen molar-refractivity contribution in [3.05, 3.63) is 113 Å². The van der Waals surface area contributed by atoms with Gasteiger partial charge < -0.3 is 16.4 Å². The van der Waals surface area contributed by atoms with Crippen LogP contribution in [-0.4, -0.2) is 16.8 Å². The number of hydrogen-bond donors (Lipinski definition) is 3. The Balaban J connectivity index is 1.49. The Morgan fingerprint density at radius 2 is 1.56 bits per heavy atom. The lowest BCUT2D eigenvalue weighted by molar-refractivity contribution is -0.137. The molecule has 0 unspecified atom stereocenters. The largest absolute Gasteiger partial charge is 0.416 e. The number of nitrogens with one attached hydrogen (secondary N) is 2. The number of hydrogen-bond acceptors (Lipinski definition) is 4. The number of benzene rings is 3. The van der Waals surface area contributed by atoms with E-state index in [0.29, 0.717) is 16.8 Å². The number of anilines is 2. The van der Waals surface area contributed by atoms with Crippen molar-refractivity contribution in [1.82, 2.24) is 10.3 Å². The van der Waals surface area contributed by atoms with Gasteiger partial charge in [0.1, 0.15) is 11.5 Å². The Hall–Kier alpha value is -4.66. The zero-order valence-electron chi connectivity index (χ0n) is 18.8. The zero-order chi connectivity index (χ0) is 25.7. The van der Waals surface area contributed by atoms with Gasteiger partial charge in [-0.25, -0.2) is 4.98 Å². The van der Waals surface area contributed by atoms with E-state index in [4.69, 9.17) is 5.73 Å². The molecule has 1 aromatic heterocycles. The molecule has 4 aromatic rings. The first-order chi connectivity index (χ1) is 17.2. The number of aromatic nitrogens is 1. The van der Waals surface area contributed by atoms with Gasteiger partial charge in [0.15, 0.2) is 0 Å². The van der Waals surface area contributed by atoms with E-state index < -0.39 is 23.6 Å². The van der Waals surface area contributed by atoms with Crippen molar-refractivity contribution in [1.29, 1.82) is 0 Å². The average Bonchev–Trinajstić information content (AvgIpc) is 2.87. The standard InChI is InChI=1S/C27H21F3N4O2/c28-27(29,30)19-11-14-21(18-5-2-1-3-6-18)22(15-19)25(35)33-20-12-9-17(10-13-20)16-32-26(36)23-7-4-8-24(31)34-23/h1-15H,16H2,(H2,31,34)(H,32,36)(H,33,35). The number of carbonyl (C=O) groups excluding carboxylic acids is 2. The predicted octanol–water partition coefficient (Wildman–Crippen LogP) is 5.53. The van der Waals surface area contributed by atoms with Crippen molar-refractivity contribution in [2.75, 3.05) is 11.1 Å². The van der Waals surface area contributed by atoms with Gasteiger partial charge in [-0.05, 0) is 53.1 Å². The highest BCUT2D eigenvalue weighted by Crippen LogP contribution is 2.33. The van der Waals surface area contributed by atoms with Crippen LogP contribution in [-0.2, 0) is 12.7 Å². The first kappa shape index (κ1) is 24.5. The maximum Gasteiger partial charge on any atom is 0.416 e. The van der Waals surface area contributed by atoms with Gasteiger partial charge in [-0.2, -0.15) is 13.2 Å². The number of pyridine rings is 1. The van der Waals surface area contributed by atoms with Gasteiger partial charge in [-0.1, -0.05) is 54.6 Å². The maximum absolute atomic E-state index is 13.3. The second-order valence-corrected chi connectivity index (χ2v) is 7.91. The minimum atomic E-state index is -4.59. The SMILES string of the molecule is Nc1cccc(C(=O)NCc2ccc(NC(=O)c3cc(C(F)(F)F)ccc3-c3ccccc3)cc2)n1. The summed E-state index contributed by atoms with van der Waals surface area (Å²) in [5.74, 6) is -0.828. The molecule has 0 saturated heterocycles. The second kappa shape index (κ2) is 10.3. The van der Waals surface area contributed by atoms with E-state index in [1.807, 2.05) is 0 Å². The monoisotopic (exact) mass is 490 g/mol. The number of rotatable bonds is 6. The van der Waals surface area contributed by atoms with Crippen molar-refractivity contribution < 1.29 is 22.8 Å². The van der Waals surface area contributed by atoms with Gasteiger partial charge in [0, 0.05) is 17.8 Å². The third-order valence-electron chi connectivity index (χ3n) is 5.34. The van der Waals surface area contributed by atoms with E-state index in [9.17, 15) is 22.8 Å². The van der Waals surface area contributed by atoms with Crippen LogP contribution in [0.2, 0.25) is 0 Å². The zero-order valence-corrected chi connectivity index (χ0v) is 18.8. The van der Waals surface area contributed by atoms with Gasteiger partial charge in [-0.3, -0.25) is 9.59 Å². The summed E-state index contributed by atoms with van der Waals surface area (Å²) in [5.41, 5.74) is 6.92. The molecule has 2 amide bonds. The van der Waals surface area contributed by atoms with Crippen molar-refractivity contribution in [3.63, 3.8) is 0 Å². The number of halogens is 3. The summed E-state index contributed by atoms with van der Waals surface area (Å²) < 4.78 is 40.0. The molecule has 4 rings (SSSR count). The molecule has 0 bridgehead atoms. The molecule has 36 heavy (non-hydrogen) atoms. The molecule has 0 aliphatic rings. The van der Waals surface area contributed by atoms with Crippen LogP contribution in [0.5, 0.6) is 0 Å². The topological polar surface area (TPSA) is 97.1 Å². The number of alkyl halides is 3. The number of amides is 2. The van der Waals surface area contributed by atoms with Crippen molar-refractivity contribution in [2.45, 2.75) is 12.7 Å². The van der Waals surface area contributed by atoms with Gasteiger partial charge in [0.2, 0.25) is 0 Å². The fourth-order valence-corrected chi connectivity index (χ4v) is 3.53. The first-order valence-corrected chi connectivity index (χ1v) is 10.9. The van der Waals surface area contributed by atoms with Crippen LogP contribution < -0.4 is 16.4 Å². The number of carbonyl (C=O) groups is 2. The summed E-state index contributed by atoms with van der Waals surface area (Å²) in [7, 11) is 0. The first-order valence-electron chi connectivity index (χ1n) is 10.9. The van der Waals surface area contributed by atoms with Gasteiger partial charge in [0.05, 0.1) is 5.56 Å². The maximum atomic E-state index is 13.3. The van der Waals surface area contributed by atoms with Crippen LogP contribution in [0.25, 0.3) is 11.1 Å². The van der Waals surface area contributed by atoms with Gasteiger partial charge in [-0.15, -0.1) is 0 Å².